The average molecular weight is 423 g/mol. The van der Waals surface area contributed by atoms with Crippen LogP contribution in [-0.4, -0.2) is 38.0 Å². The highest BCUT2D eigenvalue weighted by Crippen LogP contribution is 2.17. The van der Waals surface area contributed by atoms with Gasteiger partial charge in [-0.15, -0.1) is 0 Å². The SMILES string of the molecule is O=C(NCc1ccc(COCC(F)(F)F)cc1)c1ccc(OCC2CCCO2)cc1. The van der Waals surface area contributed by atoms with E-state index < -0.39 is 12.8 Å². The van der Waals surface area contributed by atoms with Gasteiger partial charge in [0.25, 0.3) is 5.91 Å². The summed E-state index contributed by atoms with van der Waals surface area (Å²) in [6, 6.07) is 13.7. The van der Waals surface area contributed by atoms with Gasteiger partial charge < -0.3 is 19.5 Å². The molecule has 0 bridgehead atoms. The number of alkyl halides is 3. The highest BCUT2D eigenvalue weighted by molar-refractivity contribution is 5.94. The molecule has 0 aromatic heterocycles. The second-order valence-corrected chi connectivity index (χ2v) is 7.08. The standard InChI is InChI=1S/C22H24F3NO4/c23-22(24,25)15-28-13-17-5-3-16(4-6-17)12-26-21(27)18-7-9-19(10-8-18)30-14-20-2-1-11-29-20/h3-10,20H,1-2,11-15H2,(H,26,27). The number of rotatable bonds is 9. The van der Waals surface area contributed by atoms with Gasteiger partial charge in [-0.25, -0.2) is 0 Å². The Kier molecular flexibility index (Phi) is 7.70. The molecule has 3 rings (SSSR count). The number of halogens is 3. The van der Waals surface area contributed by atoms with Gasteiger partial charge in [-0.2, -0.15) is 13.2 Å². The van der Waals surface area contributed by atoms with Crippen LogP contribution in [-0.2, 0) is 22.6 Å². The van der Waals surface area contributed by atoms with Crippen LogP contribution in [0, 0.1) is 0 Å². The Labute approximate surface area is 173 Å². The van der Waals surface area contributed by atoms with Crippen LogP contribution in [0.25, 0.3) is 0 Å². The number of hydrogen-bond donors (Lipinski definition) is 1. The van der Waals surface area contributed by atoms with Crippen LogP contribution in [0.2, 0.25) is 0 Å². The topological polar surface area (TPSA) is 56.8 Å². The minimum Gasteiger partial charge on any atom is -0.491 e. The maximum Gasteiger partial charge on any atom is 0.411 e. The molecule has 1 aliphatic rings. The summed E-state index contributed by atoms with van der Waals surface area (Å²) < 4.78 is 52.1. The van der Waals surface area contributed by atoms with Gasteiger partial charge in [0.15, 0.2) is 0 Å². The van der Waals surface area contributed by atoms with Gasteiger partial charge in [0.05, 0.1) is 12.7 Å². The lowest BCUT2D eigenvalue weighted by Gasteiger charge is -2.12. The molecule has 1 unspecified atom stereocenters. The monoisotopic (exact) mass is 423 g/mol. The lowest BCUT2D eigenvalue weighted by molar-refractivity contribution is -0.176. The molecule has 5 nitrogen and oxygen atoms in total. The third kappa shape index (κ3) is 7.35. The highest BCUT2D eigenvalue weighted by Gasteiger charge is 2.27. The summed E-state index contributed by atoms with van der Waals surface area (Å²) in [7, 11) is 0. The largest absolute Gasteiger partial charge is 0.491 e. The van der Waals surface area contributed by atoms with Gasteiger partial charge in [-0.3, -0.25) is 4.79 Å². The first-order valence-electron chi connectivity index (χ1n) is 9.74. The minimum atomic E-state index is -4.33. The van der Waals surface area contributed by atoms with E-state index in [4.69, 9.17) is 9.47 Å². The van der Waals surface area contributed by atoms with Crippen molar-refractivity contribution >= 4 is 5.91 Å². The van der Waals surface area contributed by atoms with Crippen LogP contribution in [0.5, 0.6) is 5.75 Å². The molecular weight excluding hydrogens is 399 g/mol. The second kappa shape index (κ2) is 10.4. The number of ether oxygens (including phenoxy) is 3. The molecule has 2 aromatic rings. The van der Waals surface area contributed by atoms with Crippen molar-refractivity contribution in [1.29, 1.82) is 0 Å². The smallest absolute Gasteiger partial charge is 0.411 e. The highest BCUT2D eigenvalue weighted by atomic mass is 19.4. The zero-order valence-corrected chi connectivity index (χ0v) is 16.4. The van der Waals surface area contributed by atoms with Crippen LogP contribution in [0.4, 0.5) is 13.2 Å². The average Bonchev–Trinajstić information content (AvgIpc) is 3.24. The molecule has 1 N–H and O–H groups in total. The van der Waals surface area contributed by atoms with Crippen molar-refractivity contribution < 1.29 is 32.2 Å². The van der Waals surface area contributed by atoms with Crippen molar-refractivity contribution in [3.8, 4) is 5.75 Å². The Balaban J connectivity index is 1.41. The van der Waals surface area contributed by atoms with Crippen LogP contribution < -0.4 is 10.1 Å². The normalized spacial score (nSPS) is 16.4. The first kappa shape index (κ1) is 22.1. The molecule has 8 heteroatoms. The van der Waals surface area contributed by atoms with Crippen molar-refractivity contribution in [2.75, 3.05) is 19.8 Å². The van der Waals surface area contributed by atoms with Crippen molar-refractivity contribution in [2.45, 2.75) is 38.3 Å². The number of nitrogens with one attached hydrogen (secondary N) is 1. The van der Waals surface area contributed by atoms with Gasteiger partial charge >= 0.3 is 6.18 Å². The molecule has 1 aliphatic heterocycles. The van der Waals surface area contributed by atoms with Crippen LogP contribution in [0.1, 0.15) is 34.3 Å². The number of carbonyl (C=O) groups excluding carboxylic acids is 1. The first-order valence-corrected chi connectivity index (χ1v) is 9.74. The van der Waals surface area contributed by atoms with E-state index in [1.54, 1.807) is 48.5 Å². The number of carbonyl (C=O) groups is 1. The molecule has 0 aliphatic carbocycles. The molecule has 0 spiro atoms. The number of amides is 1. The number of benzene rings is 2. The van der Waals surface area contributed by atoms with E-state index >= 15 is 0 Å². The molecule has 162 valence electrons. The first-order chi connectivity index (χ1) is 14.4. The van der Waals surface area contributed by atoms with Crippen LogP contribution >= 0.6 is 0 Å². The Morgan fingerprint density at radius 3 is 2.40 bits per heavy atom. The van der Waals surface area contributed by atoms with Gasteiger partial charge in [-0.05, 0) is 48.2 Å². The molecule has 1 fully saturated rings. The molecular formula is C22H24F3NO4. The Morgan fingerprint density at radius 1 is 1.07 bits per heavy atom. The Hall–Kier alpha value is -2.58. The molecule has 1 saturated heterocycles. The van der Waals surface area contributed by atoms with Gasteiger partial charge in [0.2, 0.25) is 0 Å². The van der Waals surface area contributed by atoms with Gasteiger partial charge in [0.1, 0.15) is 19.0 Å². The minimum absolute atomic E-state index is 0.118. The van der Waals surface area contributed by atoms with Gasteiger partial charge in [-0.1, -0.05) is 24.3 Å². The van der Waals surface area contributed by atoms with E-state index in [0.717, 1.165) is 25.0 Å². The van der Waals surface area contributed by atoms with Crippen molar-refractivity contribution in [3.05, 3.63) is 65.2 Å². The van der Waals surface area contributed by atoms with Crippen molar-refractivity contribution in [1.82, 2.24) is 5.32 Å². The van der Waals surface area contributed by atoms with E-state index in [0.29, 0.717) is 30.0 Å². The summed E-state index contributed by atoms with van der Waals surface area (Å²) in [6.45, 7) is 0.195. The quantitative estimate of drug-likeness (QED) is 0.655. The number of hydrogen-bond acceptors (Lipinski definition) is 4. The van der Waals surface area contributed by atoms with E-state index in [1.165, 1.54) is 0 Å². The van der Waals surface area contributed by atoms with Crippen LogP contribution in [0.3, 0.4) is 0 Å². The van der Waals surface area contributed by atoms with E-state index in [9.17, 15) is 18.0 Å². The zero-order valence-electron chi connectivity index (χ0n) is 16.4. The van der Waals surface area contributed by atoms with Gasteiger partial charge in [0, 0.05) is 18.7 Å². The van der Waals surface area contributed by atoms with E-state index in [2.05, 4.69) is 10.1 Å². The zero-order chi connectivity index (χ0) is 21.4. The van der Waals surface area contributed by atoms with Crippen LogP contribution in [0.15, 0.2) is 48.5 Å². The molecule has 0 radical (unpaired) electrons. The second-order valence-electron chi connectivity index (χ2n) is 7.08. The summed E-state index contributed by atoms with van der Waals surface area (Å²) >= 11 is 0. The molecule has 0 saturated carbocycles. The lowest BCUT2D eigenvalue weighted by Crippen LogP contribution is -2.22. The summed E-state index contributed by atoms with van der Waals surface area (Å²) in [5, 5.41) is 2.81. The summed E-state index contributed by atoms with van der Waals surface area (Å²) in [5.74, 6) is 0.462. The maximum absolute atomic E-state index is 12.3. The molecule has 1 amide bonds. The maximum atomic E-state index is 12.3. The van der Waals surface area contributed by atoms with E-state index in [1.807, 2.05) is 0 Å². The molecule has 2 aromatic carbocycles. The fourth-order valence-electron chi connectivity index (χ4n) is 2.99. The predicted molar refractivity (Wildman–Crippen MR) is 104 cm³/mol. The fraction of sp³-hybridized carbons (Fsp3) is 0.409. The third-order valence-electron chi connectivity index (χ3n) is 4.59. The molecule has 1 heterocycles. The molecule has 1 atom stereocenters. The third-order valence-corrected chi connectivity index (χ3v) is 4.59. The molecule has 30 heavy (non-hydrogen) atoms. The summed E-state index contributed by atoms with van der Waals surface area (Å²) in [4.78, 5) is 12.3. The van der Waals surface area contributed by atoms with E-state index in [-0.39, 0.29) is 18.6 Å². The van der Waals surface area contributed by atoms with Crippen molar-refractivity contribution in [2.24, 2.45) is 0 Å². The lowest BCUT2D eigenvalue weighted by atomic mass is 10.1. The Bertz CT molecular complexity index is 801. The summed E-state index contributed by atoms with van der Waals surface area (Å²) in [6.07, 6.45) is -2.14. The summed E-state index contributed by atoms with van der Waals surface area (Å²) in [5.41, 5.74) is 1.98. The fourth-order valence-corrected chi connectivity index (χ4v) is 2.99. The van der Waals surface area contributed by atoms with Crippen molar-refractivity contribution in [3.63, 3.8) is 0 Å². The Morgan fingerprint density at radius 2 is 1.77 bits per heavy atom. The predicted octanol–water partition coefficient (Wildman–Crippen LogP) is 4.25.